The highest BCUT2D eigenvalue weighted by atomic mass is 35.5. The maximum Gasteiger partial charge on any atom is 0.258 e. The van der Waals surface area contributed by atoms with E-state index >= 15 is 0 Å². The zero-order chi connectivity index (χ0) is 14.1. The predicted molar refractivity (Wildman–Crippen MR) is 79.7 cm³/mol. The van der Waals surface area contributed by atoms with Crippen LogP contribution in [0, 0.1) is 0 Å². The molecule has 0 saturated heterocycles. The SMILES string of the molecule is NC(=O)c1cc2c(Oc3ccc(Cl)cc3)cncc2s1. The number of carbonyl (C=O) groups is 1. The Morgan fingerprint density at radius 2 is 2.00 bits per heavy atom. The minimum atomic E-state index is -0.455. The highest BCUT2D eigenvalue weighted by Gasteiger charge is 2.11. The molecule has 2 heterocycles. The van der Waals surface area contributed by atoms with Crippen LogP contribution in [-0.2, 0) is 0 Å². The Kier molecular flexibility index (Phi) is 3.30. The van der Waals surface area contributed by atoms with Crippen molar-refractivity contribution < 1.29 is 9.53 Å². The van der Waals surface area contributed by atoms with Gasteiger partial charge in [0, 0.05) is 16.6 Å². The van der Waals surface area contributed by atoms with Gasteiger partial charge in [0.2, 0.25) is 0 Å². The lowest BCUT2D eigenvalue weighted by atomic mass is 10.3. The van der Waals surface area contributed by atoms with E-state index < -0.39 is 5.91 Å². The summed E-state index contributed by atoms with van der Waals surface area (Å²) >= 11 is 7.12. The summed E-state index contributed by atoms with van der Waals surface area (Å²) in [4.78, 5) is 15.8. The van der Waals surface area contributed by atoms with Crippen LogP contribution in [0.15, 0.2) is 42.7 Å². The zero-order valence-electron chi connectivity index (χ0n) is 10.2. The Labute approximate surface area is 123 Å². The van der Waals surface area contributed by atoms with E-state index in [1.807, 2.05) is 0 Å². The minimum absolute atomic E-state index is 0.455. The second-order valence-electron chi connectivity index (χ2n) is 4.08. The Balaban J connectivity index is 2.02. The van der Waals surface area contributed by atoms with Gasteiger partial charge < -0.3 is 10.5 Å². The molecule has 0 aliphatic carbocycles. The molecule has 3 rings (SSSR count). The fourth-order valence-corrected chi connectivity index (χ4v) is 2.79. The topological polar surface area (TPSA) is 65.2 Å². The van der Waals surface area contributed by atoms with Crippen LogP contribution in [0.3, 0.4) is 0 Å². The molecule has 0 unspecified atom stereocenters. The van der Waals surface area contributed by atoms with Gasteiger partial charge >= 0.3 is 0 Å². The fraction of sp³-hybridized carbons (Fsp3) is 0. The fourth-order valence-electron chi connectivity index (χ4n) is 1.77. The first-order chi connectivity index (χ1) is 9.63. The molecular formula is C14H9ClN2O2S. The number of fused-ring (bicyclic) bond motifs is 1. The van der Waals surface area contributed by atoms with Crippen LogP contribution in [0.2, 0.25) is 5.02 Å². The van der Waals surface area contributed by atoms with Crippen molar-refractivity contribution in [2.45, 2.75) is 0 Å². The van der Waals surface area contributed by atoms with Gasteiger partial charge in [0.1, 0.15) is 5.75 Å². The van der Waals surface area contributed by atoms with Crippen molar-refractivity contribution in [3.63, 3.8) is 0 Å². The minimum Gasteiger partial charge on any atom is -0.455 e. The quantitative estimate of drug-likeness (QED) is 0.799. The first-order valence-corrected chi connectivity index (χ1v) is 6.94. The molecule has 1 aromatic carbocycles. The number of carbonyl (C=O) groups excluding carboxylic acids is 1. The molecule has 1 amide bonds. The molecule has 4 nitrogen and oxygen atoms in total. The highest BCUT2D eigenvalue weighted by molar-refractivity contribution is 7.20. The van der Waals surface area contributed by atoms with Crippen molar-refractivity contribution in [2.75, 3.05) is 0 Å². The maximum absolute atomic E-state index is 11.2. The average molecular weight is 305 g/mol. The van der Waals surface area contributed by atoms with Crippen LogP contribution in [0.1, 0.15) is 9.67 Å². The first-order valence-electron chi connectivity index (χ1n) is 5.74. The van der Waals surface area contributed by atoms with Gasteiger partial charge in [0.05, 0.1) is 15.8 Å². The van der Waals surface area contributed by atoms with Crippen molar-refractivity contribution in [1.82, 2.24) is 4.98 Å². The number of ether oxygens (including phenoxy) is 1. The molecule has 6 heteroatoms. The Hall–Kier alpha value is -2.11. The molecule has 100 valence electrons. The number of benzene rings is 1. The number of thiophene rings is 1. The summed E-state index contributed by atoms with van der Waals surface area (Å²) in [5.41, 5.74) is 5.29. The van der Waals surface area contributed by atoms with Crippen LogP contribution < -0.4 is 10.5 Å². The van der Waals surface area contributed by atoms with Gasteiger partial charge in [-0.25, -0.2) is 0 Å². The van der Waals surface area contributed by atoms with Crippen molar-refractivity contribution >= 4 is 38.9 Å². The normalized spacial score (nSPS) is 10.7. The number of nitrogens with two attached hydrogens (primary N) is 1. The molecule has 20 heavy (non-hydrogen) atoms. The van der Waals surface area contributed by atoms with E-state index in [0.717, 1.165) is 10.1 Å². The third-order valence-electron chi connectivity index (χ3n) is 2.69. The standard InChI is InChI=1S/C14H9ClN2O2S/c15-8-1-3-9(4-2-8)19-11-6-17-7-13-10(11)5-12(20-13)14(16)18/h1-7H,(H2,16,18). The van der Waals surface area contributed by atoms with Gasteiger partial charge in [0.25, 0.3) is 5.91 Å². The summed E-state index contributed by atoms with van der Waals surface area (Å²) in [7, 11) is 0. The van der Waals surface area contributed by atoms with Gasteiger partial charge in [-0.05, 0) is 30.3 Å². The molecule has 0 spiro atoms. The molecular weight excluding hydrogens is 296 g/mol. The van der Waals surface area contributed by atoms with Crippen LogP contribution >= 0.6 is 22.9 Å². The van der Waals surface area contributed by atoms with Crippen LogP contribution in [0.4, 0.5) is 0 Å². The zero-order valence-corrected chi connectivity index (χ0v) is 11.7. The van der Waals surface area contributed by atoms with Gasteiger partial charge in [-0.3, -0.25) is 9.78 Å². The largest absolute Gasteiger partial charge is 0.455 e. The van der Waals surface area contributed by atoms with E-state index in [1.165, 1.54) is 11.3 Å². The van der Waals surface area contributed by atoms with Crippen molar-refractivity contribution in [3.05, 3.63) is 52.6 Å². The third-order valence-corrected chi connectivity index (χ3v) is 4.03. The van der Waals surface area contributed by atoms with Crippen molar-refractivity contribution in [2.24, 2.45) is 5.73 Å². The Morgan fingerprint density at radius 1 is 1.25 bits per heavy atom. The number of nitrogens with zero attached hydrogens (tertiary/aromatic N) is 1. The number of halogens is 1. The van der Waals surface area contributed by atoms with E-state index in [2.05, 4.69) is 4.98 Å². The molecule has 3 aromatic rings. The average Bonchev–Trinajstić information content (AvgIpc) is 2.87. The lowest BCUT2D eigenvalue weighted by Gasteiger charge is -2.06. The van der Waals surface area contributed by atoms with E-state index in [4.69, 9.17) is 22.1 Å². The number of amides is 1. The monoisotopic (exact) mass is 304 g/mol. The van der Waals surface area contributed by atoms with E-state index in [-0.39, 0.29) is 0 Å². The summed E-state index contributed by atoms with van der Waals surface area (Å²) < 4.78 is 6.63. The molecule has 2 aromatic heterocycles. The number of primary amides is 1. The van der Waals surface area contributed by atoms with Gasteiger partial charge in [0.15, 0.2) is 5.75 Å². The van der Waals surface area contributed by atoms with Gasteiger partial charge in [-0.15, -0.1) is 11.3 Å². The summed E-state index contributed by atoms with van der Waals surface area (Å²) in [6.07, 6.45) is 3.29. The van der Waals surface area contributed by atoms with Crippen LogP contribution in [-0.4, -0.2) is 10.9 Å². The molecule has 2 N–H and O–H groups in total. The summed E-state index contributed by atoms with van der Waals surface area (Å²) in [6, 6.07) is 8.74. The molecule has 0 bridgehead atoms. The lowest BCUT2D eigenvalue weighted by Crippen LogP contribution is -2.08. The number of pyridine rings is 1. The predicted octanol–water partition coefficient (Wildman–Crippen LogP) is 3.84. The Morgan fingerprint density at radius 3 is 2.70 bits per heavy atom. The molecule has 0 saturated carbocycles. The van der Waals surface area contributed by atoms with E-state index in [0.29, 0.717) is 21.4 Å². The number of hydrogen-bond donors (Lipinski definition) is 1. The van der Waals surface area contributed by atoms with Crippen LogP contribution in [0.5, 0.6) is 11.5 Å². The Bertz CT molecular complexity index is 783. The smallest absolute Gasteiger partial charge is 0.258 e. The summed E-state index contributed by atoms with van der Waals surface area (Å²) in [5, 5.41) is 1.45. The number of rotatable bonds is 3. The second kappa shape index (κ2) is 5.11. The van der Waals surface area contributed by atoms with Crippen molar-refractivity contribution in [1.29, 1.82) is 0 Å². The number of aromatic nitrogens is 1. The first kappa shape index (κ1) is 12.9. The van der Waals surface area contributed by atoms with Gasteiger partial charge in [-0.1, -0.05) is 11.6 Å². The van der Waals surface area contributed by atoms with Crippen molar-refractivity contribution in [3.8, 4) is 11.5 Å². The molecule has 0 atom stereocenters. The van der Waals surface area contributed by atoms with Crippen LogP contribution in [0.25, 0.3) is 10.1 Å². The number of hydrogen-bond acceptors (Lipinski definition) is 4. The maximum atomic E-state index is 11.2. The van der Waals surface area contributed by atoms with E-state index in [9.17, 15) is 4.79 Å². The second-order valence-corrected chi connectivity index (χ2v) is 5.60. The molecule has 0 aliphatic rings. The molecule has 0 aliphatic heterocycles. The summed E-state index contributed by atoms with van der Waals surface area (Å²) in [6.45, 7) is 0. The van der Waals surface area contributed by atoms with Gasteiger partial charge in [-0.2, -0.15) is 0 Å². The van der Waals surface area contributed by atoms with E-state index in [1.54, 1.807) is 42.7 Å². The third kappa shape index (κ3) is 2.45. The molecule has 0 radical (unpaired) electrons. The highest BCUT2D eigenvalue weighted by Crippen LogP contribution is 2.34. The summed E-state index contributed by atoms with van der Waals surface area (Å²) in [5.74, 6) is 0.771. The lowest BCUT2D eigenvalue weighted by molar-refractivity contribution is 0.100. The molecule has 0 fully saturated rings.